The van der Waals surface area contributed by atoms with Gasteiger partial charge >= 0.3 is 0 Å². The molecule has 66 valence electrons. The van der Waals surface area contributed by atoms with Crippen molar-refractivity contribution in [3.8, 4) is 17.5 Å². The lowest BCUT2D eigenvalue weighted by Crippen LogP contribution is -2.00. The topological polar surface area (TPSA) is 90.5 Å². The summed E-state index contributed by atoms with van der Waals surface area (Å²) in [7, 11) is -5.79. The first-order chi connectivity index (χ1) is 7.98. The maximum atomic E-state index is 9.51. The lowest BCUT2D eigenvalue weighted by Gasteiger charge is -2.05. The standard InChI is InChI=1S/C6H9N3O3/c1-11-4-3(10)5(12-2)9-6(7)8-4/h10H,1-2H3,(H2,7,8,9)/i1D3,2D3. The number of aromatic nitrogens is 2. The third-order valence-electron chi connectivity index (χ3n) is 1.03. The van der Waals surface area contributed by atoms with Crippen LogP contribution in [0, 0.1) is 0 Å². The van der Waals surface area contributed by atoms with Gasteiger partial charge in [0.25, 0.3) is 11.8 Å². The minimum absolute atomic E-state index is 0.508. The Labute approximate surface area is 77.4 Å². The van der Waals surface area contributed by atoms with Crippen molar-refractivity contribution in [3.05, 3.63) is 0 Å². The smallest absolute Gasteiger partial charge is 0.265 e. The van der Waals surface area contributed by atoms with E-state index in [4.69, 9.17) is 14.0 Å². The van der Waals surface area contributed by atoms with Crippen molar-refractivity contribution < 1.29 is 22.8 Å². The first-order valence-electron chi connectivity index (χ1n) is 5.72. The lowest BCUT2D eigenvalue weighted by atomic mass is 10.5. The summed E-state index contributed by atoms with van der Waals surface area (Å²) in [5, 5.41) is 9.51. The minimum atomic E-state index is -2.89. The second kappa shape index (κ2) is 3.12. The van der Waals surface area contributed by atoms with Crippen LogP contribution in [0.4, 0.5) is 5.95 Å². The van der Waals surface area contributed by atoms with Crippen LogP contribution in [-0.4, -0.2) is 29.2 Å². The number of aromatic hydroxyl groups is 1. The predicted octanol–water partition coefficient (Wildman–Crippen LogP) is -0.218. The molecule has 6 nitrogen and oxygen atoms in total. The quantitative estimate of drug-likeness (QED) is 0.649. The Morgan fingerprint density at radius 2 is 1.83 bits per heavy atom. The zero-order valence-electron chi connectivity index (χ0n) is 11.7. The summed E-state index contributed by atoms with van der Waals surface area (Å²) in [6.07, 6.45) is 0. The van der Waals surface area contributed by atoms with Crippen molar-refractivity contribution in [2.24, 2.45) is 0 Å². The maximum absolute atomic E-state index is 9.51. The lowest BCUT2D eigenvalue weighted by molar-refractivity contribution is 0.321. The van der Waals surface area contributed by atoms with Crippen LogP contribution in [0.5, 0.6) is 17.5 Å². The molecular formula is C6H9N3O3. The number of methoxy groups -OCH3 is 2. The molecule has 0 saturated carbocycles. The first-order valence-corrected chi connectivity index (χ1v) is 2.72. The van der Waals surface area contributed by atoms with Crippen molar-refractivity contribution in [2.45, 2.75) is 0 Å². The van der Waals surface area contributed by atoms with E-state index in [9.17, 15) is 5.11 Å². The highest BCUT2D eigenvalue weighted by Gasteiger charge is 2.12. The highest BCUT2D eigenvalue weighted by molar-refractivity contribution is 5.44. The fourth-order valence-electron chi connectivity index (χ4n) is 0.573. The number of hydrogen-bond acceptors (Lipinski definition) is 6. The van der Waals surface area contributed by atoms with Crippen LogP contribution in [0.15, 0.2) is 0 Å². The van der Waals surface area contributed by atoms with Crippen molar-refractivity contribution in [2.75, 3.05) is 19.8 Å². The predicted molar refractivity (Wildman–Crippen MR) is 41.2 cm³/mol. The Kier molecular flexibility index (Phi) is 0.868. The van der Waals surface area contributed by atoms with Gasteiger partial charge in [0.2, 0.25) is 11.7 Å². The molecule has 1 aromatic rings. The van der Waals surface area contributed by atoms with Gasteiger partial charge in [-0.2, -0.15) is 9.97 Å². The Balaban J connectivity index is 3.14. The number of hydrogen-bond donors (Lipinski definition) is 2. The molecule has 0 bridgehead atoms. The van der Waals surface area contributed by atoms with Gasteiger partial charge in [0.1, 0.15) is 0 Å². The summed E-state index contributed by atoms with van der Waals surface area (Å²) < 4.78 is 49.6. The van der Waals surface area contributed by atoms with Gasteiger partial charge in [-0.1, -0.05) is 0 Å². The van der Waals surface area contributed by atoms with Crippen molar-refractivity contribution in [1.29, 1.82) is 0 Å². The monoisotopic (exact) mass is 177 g/mol. The minimum Gasteiger partial charge on any atom is -0.499 e. The molecule has 0 atom stereocenters. The third kappa shape index (κ3) is 1.31. The van der Waals surface area contributed by atoms with Crippen LogP contribution in [0.3, 0.4) is 0 Å². The molecule has 0 aliphatic rings. The van der Waals surface area contributed by atoms with Gasteiger partial charge in [-0.25, -0.2) is 0 Å². The summed E-state index contributed by atoms with van der Waals surface area (Å²) in [4.78, 5) is 6.64. The van der Waals surface area contributed by atoms with Crippen LogP contribution in [0.2, 0.25) is 0 Å². The van der Waals surface area contributed by atoms with Crippen molar-refractivity contribution >= 4 is 5.95 Å². The van der Waals surface area contributed by atoms with E-state index in [0.29, 0.717) is 0 Å². The second-order valence-electron chi connectivity index (χ2n) is 1.74. The van der Waals surface area contributed by atoms with Crippen LogP contribution in [-0.2, 0) is 0 Å². The Morgan fingerprint density at radius 3 is 2.25 bits per heavy atom. The summed E-state index contributed by atoms with van der Waals surface area (Å²) in [5.41, 5.74) is 5.21. The van der Waals surface area contributed by atoms with Gasteiger partial charge in [0.05, 0.1) is 22.3 Å². The molecule has 0 saturated heterocycles. The number of nitrogens with zero attached hydrogens (tertiary/aromatic N) is 2. The molecule has 0 aliphatic heterocycles. The highest BCUT2D eigenvalue weighted by Crippen LogP contribution is 2.32. The molecule has 0 amide bonds. The highest BCUT2D eigenvalue weighted by atomic mass is 16.5. The molecule has 0 aromatic carbocycles. The average Bonchev–Trinajstić information content (AvgIpc) is 2.07. The average molecular weight is 177 g/mol. The molecule has 6 heteroatoms. The molecule has 0 radical (unpaired) electrons. The van der Waals surface area contributed by atoms with E-state index >= 15 is 0 Å². The van der Waals surface area contributed by atoms with E-state index in [1.807, 2.05) is 0 Å². The van der Waals surface area contributed by atoms with E-state index in [1.165, 1.54) is 0 Å². The molecule has 0 fully saturated rings. The molecule has 1 rings (SSSR count). The van der Waals surface area contributed by atoms with Crippen molar-refractivity contribution in [1.82, 2.24) is 9.97 Å². The maximum Gasteiger partial charge on any atom is 0.265 e. The van der Waals surface area contributed by atoms with E-state index < -0.39 is 37.5 Å². The zero-order chi connectivity index (χ0) is 14.1. The molecule has 1 aromatic heterocycles. The van der Waals surface area contributed by atoms with E-state index in [0.717, 1.165) is 0 Å². The van der Waals surface area contributed by atoms with Gasteiger partial charge < -0.3 is 20.3 Å². The SMILES string of the molecule is [2H]C([2H])([2H])Oc1nc(N)nc(OC([2H])([2H])[2H])c1O. The number of nitrogens with two attached hydrogens (primary N) is 1. The van der Waals surface area contributed by atoms with Gasteiger partial charge in [-0.15, -0.1) is 0 Å². The summed E-state index contributed by atoms with van der Waals surface area (Å²) >= 11 is 0. The largest absolute Gasteiger partial charge is 0.499 e. The number of anilines is 1. The Bertz CT molecular complexity index is 408. The molecule has 3 N–H and O–H groups in total. The summed E-state index contributed by atoms with van der Waals surface area (Å²) in [6.45, 7) is 0. The normalized spacial score (nSPS) is 19.0. The van der Waals surface area contributed by atoms with Crippen LogP contribution in [0.25, 0.3) is 0 Å². The van der Waals surface area contributed by atoms with Gasteiger partial charge in [-0.05, 0) is 0 Å². The number of rotatable bonds is 2. The summed E-state index contributed by atoms with van der Waals surface area (Å²) in [6, 6.07) is 0. The Morgan fingerprint density at radius 1 is 1.33 bits per heavy atom. The van der Waals surface area contributed by atoms with Crippen molar-refractivity contribution in [3.63, 3.8) is 0 Å². The molecular weight excluding hydrogens is 162 g/mol. The number of nitrogen functional groups attached to an aromatic ring is 1. The molecule has 0 spiro atoms. The number of ether oxygens (including phenoxy) is 2. The van der Waals surface area contributed by atoms with Crippen LogP contribution >= 0.6 is 0 Å². The fourth-order valence-corrected chi connectivity index (χ4v) is 0.573. The summed E-state index contributed by atoms with van der Waals surface area (Å²) in [5.74, 6) is -3.05. The van der Waals surface area contributed by atoms with Crippen LogP contribution < -0.4 is 15.2 Å². The van der Waals surface area contributed by atoms with Gasteiger partial charge in [0, 0.05) is 0 Å². The second-order valence-corrected chi connectivity index (χ2v) is 1.74. The van der Waals surface area contributed by atoms with Crippen LogP contribution in [0.1, 0.15) is 8.22 Å². The zero-order valence-corrected chi connectivity index (χ0v) is 5.74. The molecule has 12 heavy (non-hydrogen) atoms. The van der Waals surface area contributed by atoms with E-state index in [-0.39, 0.29) is 0 Å². The first kappa shape index (κ1) is 3.34. The fraction of sp³-hybridized carbons (Fsp3) is 0.333. The molecule has 0 unspecified atom stereocenters. The van der Waals surface area contributed by atoms with Gasteiger partial charge in [0.15, 0.2) is 0 Å². The molecule has 0 aliphatic carbocycles. The van der Waals surface area contributed by atoms with Gasteiger partial charge in [-0.3, -0.25) is 0 Å². The third-order valence-corrected chi connectivity index (χ3v) is 1.03. The van der Waals surface area contributed by atoms with E-state index in [1.54, 1.807) is 0 Å². The molecule has 1 heterocycles. The Hall–Kier alpha value is -1.72. The van der Waals surface area contributed by atoms with E-state index in [2.05, 4.69) is 19.4 Å².